The number of allylic oxidation sites excluding steroid dienone is 1. The summed E-state index contributed by atoms with van der Waals surface area (Å²) in [6.45, 7) is 9.98. The Morgan fingerprint density at radius 2 is 1.94 bits per heavy atom. The van der Waals surface area contributed by atoms with Gasteiger partial charge < -0.3 is 26.1 Å². The van der Waals surface area contributed by atoms with E-state index in [4.69, 9.17) is 16.2 Å². The number of nitrogens with one attached hydrogen (secondary N) is 1. The Balaban J connectivity index is 1.67. The van der Waals surface area contributed by atoms with Gasteiger partial charge in [0.2, 0.25) is 5.91 Å². The number of ether oxygens (including phenoxy) is 1. The van der Waals surface area contributed by atoms with E-state index in [1.165, 1.54) is 40.9 Å². The number of carbonyl (C=O) groups excluding carboxylic acids is 2. The number of thiophene rings is 1. The lowest BCUT2D eigenvalue weighted by atomic mass is 10.1. The summed E-state index contributed by atoms with van der Waals surface area (Å²) in [5.74, 6) is 1.03. The minimum atomic E-state index is -0.448. The third-order valence-corrected chi connectivity index (χ3v) is 7.56. The number of thioether (sulfide) groups is 2. The van der Waals surface area contributed by atoms with Gasteiger partial charge in [-0.15, -0.1) is 28.1 Å². The Kier molecular flexibility index (Phi) is 9.12. The molecule has 0 atom stereocenters. The number of esters is 1. The fourth-order valence-electron chi connectivity index (χ4n) is 2.96. The van der Waals surface area contributed by atoms with Gasteiger partial charge in [0, 0.05) is 17.5 Å². The van der Waals surface area contributed by atoms with Crippen molar-refractivity contribution in [2.45, 2.75) is 43.4 Å². The van der Waals surface area contributed by atoms with Gasteiger partial charge in [0.05, 0.1) is 23.7 Å². The maximum absolute atomic E-state index is 12.7. The Hall–Kier alpha value is -3.10. The molecule has 35 heavy (non-hydrogen) atoms. The molecule has 0 radical (unpaired) electrons. The lowest BCUT2D eigenvalue weighted by molar-refractivity contribution is -0.113. The predicted molar refractivity (Wildman–Crippen MR) is 140 cm³/mol. The van der Waals surface area contributed by atoms with E-state index in [9.17, 15) is 9.59 Å². The standard InChI is InChI=1S/C21H26N8O3S3/c1-5-7-29-15(9-33-20-24-13(22)8-14(23)25-20)27-28-21(29)34-10-16(30)26-18-17(19(31)32-6-2)11(3)12(4)35-18/h5,8H,1,6-7,9-10H2,2-4H3,(H,26,30)(H4,22,23,24,25). The molecule has 3 aromatic heterocycles. The van der Waals surface area contributed by atoms with Crippen LogP contribution in [0.25, 0.3) is 0 Å². The maximum atomic E-state index is 12.7. The molecule has 3 aromatic rings. The molecule has 0 fully saturated rings. The van der Waals surface area contributed by atoms with Gasteiger partial charge in [-0.05, 0) is 26.3 Å². The summed E-state index contributed by atoms with van der Waals surface area (Å²) in [7, 11) is 0. The number of hydrogen-bond acceptors (Lipinski definition) is 12. The van der Waals surface area contributed by atoms with E-state index in [1.807, 2.05) is 18.4 Å². The zero-order valence-corrected chi connectivity index (χ0v) is 22.0. The number of nitrogens with two attached hydrogens (primary N) is 2. The normalized spacial score (nSPS) is 10.8. The van der Waals surface area contributed by atoms with Crippen LogP contribution in [0.1, 0.15) is 33.5 Å². The average Bonchev–Trinajstić information content (AvgIpc) is 3.30. The minimum Gasteiger partial charge on any atom is -0.462 e. The highest BCUT2D eigenvalue weighted by Crippen LogP contribution is 2.33. The first kappa shape index (κ1) is 26.5. The smallest absolute Gasteiger partial charge is 0.341 e. The Morgan fingerprint density at radius 1 is 1.23 bits per heavy atom. The van der Waals surface area contributed by atoms with E-state index in [1.54, 1.807) is 13.0 Å². The van der Waals surface area contributed by atoms with E-state index in [-0.39, 0.29) is 29.9 Å². The van der Waals surface area contributed by atoms with E-state index < -0.39 is 5.97 Å². The fraction of sp³-hybridized carbons (Fsp3) is 0.333. The van der Waals surface area contributed by atoms with Crippen molar-refractivity contribution < 1.29 is 14.3 Å². The number of nitrogen functional groups attached to an aromatic ring is 2. The van der Waals surface area contributed by atoms with Crippen molar-refractivity contribution in [3.63, 3.8) is 0 Å². The first-order chi connectivity index (χ1) is 16.7. The highest BCUT2D eigenvalue weighted by atomic mass is 32.2. The van der Waals surface area contributed by atoms with Crippen molar-refractivity contribution in [2.75, 3.05) is 29.1 Å². The van der Waals surface area contributed by atoms with Crippen molar-refractivity contribution in [3.8, 4) is 0 Å². The first-order valence-corrected chi connectivity index (χ1v) is 13.3. The summed E-state index contributed by atoms with van der Waals surface area (Å²) in [5.41, 5.74) is 12.6. The fourth-order valence-corrected chi connectivity index (χ4v) is 5.60. The summed E-state index contributed by atoms with van der Waals surface area (Å²) in [6.07, 6.45) is 1.72. The molecule has 3 rings (SSSR count). The number of carbonyl (C=O) groups is 2. The van der Waals surface area contributed by atoms with Gasteiger partial charge in [-0.25, -0.2) is 14.8 Å². The monoisotopic (exact) mass is 534 g/mol. The second kappa shape index (κ2) is 12.0. The zero-order valence-electron chi connectivity index (χ0n) is 19.5. The second-order valence-electron chi connectivity index (χ2n) is 7.13. The molecule has 0 saturated heterocycles. The molecule has 0 aromatic carbocycles. The number of aromatic nitrogens is 5. The molecule has 3 heterocycles. The third kappa shape index (κ3) is 6.74. The molecule has 14 heteroatoms. The molecular weight excluding hydrogens is 508 g/mol. The van der Waals surface area contributed by atoms with Crippen molar-refractivity contribution in [3.05, 3.63) is 40.5 Å². The highest BCUT2D eigenvalue weighted by molar-refractivity contribution is 7.99. The van der Waals surface area contributed by atoms with Crippen molar-refractivity contribution in [2.24, 2.45) is 0 Å². The Bertz CT molecular complexity index is 1220. The molecule has 5 N–H and O–H groups in total. The van der Waals surface area contributed by atoms with E-state index in [2.05, 4.69) is 32.1 Å². The Morgan fingerprint density at radius 3 is 2.60 bits per heavy atom. The van der Waals surface area contributed by atoms with Crippen LogP contribution < -0.4 is 16.8 Å². The van der Waals surface area contributed by atoms with Crippen LogP contribution in [0.2, 0.25) is 0 Å². The number of hydrogen-bond donors (Lipinski definition) is 3. The van der Waals surface area contributed by atoms with E-state index >= 15 is 0 Å². The number of aryl methyl sites for hydroxylation is 1. The van der Waals surface area contributed by atoms with Crippen LogP contribution in [-0.2, 0) is 21.8 Å². The number of rotatable bonds is 11. The van der Waals surface area contributed by atoms with Crippen LogP contribution >= 0.6 is 34.9 Å². The molecule has 1 amide bonds. The SMILES string of the molecule is C=CCn1c(CSc2nc(N)cc(N)n2)nnc1SCC(=O)Nc1sc(C)c(C)c1C(=O)OCC. The molecule has 0 spiro atoms. The summed E-state index contributed by atoms with van der Waals surface area (Å²) < 4.78 is 7.00. The van der Waals surface area contributed by atoms with Crippen molar-refractivity contribution in [1.29, 1.82) is 0 Å². The molecular formula is C21H26N8O3S3. The molecule has 186 valence electrons. The predicted octanol–water partition coefficient (Wildman–Crippen LogP) is 3.30. The first-order valence-electron chi connectivity index (χ1n) is 10.5. The molecule has 0 aliphatic carbocycles. The Labute approximate surface area is 215 Å². The van der Waals surface area contributed by atoms with Crippen LogP contribution in [0.5, 0.6) is 0 Å². The van der Waals surface area contributed by atoms with Gasteiger partial charge >= 0.3 is 5.97 Å². The van der Waals surface area contributed by atoms with E-state index in [0.29, 0.717) is 39.0 Å². The van der Waals surface area contributed by atoms with Crippen molar-refractivity contribution >= 4 is 63.4 Å². The second-order valence-corrected chi connectivity index (χ2v) is 10.2. The lowest BCUT2D eigenvalue weighted by Gasteiger charge is -2.09. The largest absolute Gasteiger partial charge is 0.462 e. The molecule has 0 saturated carbocycles. The molecule has 0 bridgehead atoms. The van der Waals surface area contributed by atoms with Gasteiger partial charge in [-0.2, -0.15) is 0 Å². The van der Waals surface area contributed by atoms with Crippen molar-refractivity contribution in [1.82, 2.24) is 24.7 Å². The molecule has 0 aliphatic heterocycles. The average molecular weight is 535 g/mol. The minimum absolute atomic E-state index is 0.0789. The van der Waals surface area contributed by atoms with Gasteiger partial charge in [-0.3, -0.25) is 4.79 Å². The van der Waals surface area contributed by atoms with Crippen LogP contribution in [-0.4, -0.2) is 49.0 Å². The number of anilines is 3. The molecule has 0 aliphatic rings. The quantitative estimate of drug-likeness (QED) is 0.143. The lowest BCUT2D eigenvalue weighted by Crippen LogP contribution is -2.17. The summed E-state index contributed by atoms with van der Waals surface area (Å²) in [5, 5.41) is 12.8. The summed E-state index contributed by atoms with van der Waals surface area (Å²) in [6, 6.07) is 1.48. The zero-order chi connectivity index (χ0) is 25.5. The van der Waals surface area contributed by atoms with Gasteiger partial charge in [0.25, 0.3) is 0 Å². The van der Waals surface area contributed by atoms with E-state index in [0.717, 1.165) is 10.4 Å². The maximum Gasteiger partial charge on any atom is 0.341 e. The van der Waals surface area contributed by atoms with Crippen LogP contribution in [0, 0.1) is 13.8 Å². The summed E-state index contributed by atoms with van der Waals surface area (Å²) in [4.78, 5) is 34.3. The van der Waals surface area contributed by atoms with Gasteiger partial charge in [0.1, 0.15) is 22.5 Å². The third-order valence-electron chi connectivity index (χ3n) is 4.63. The topological polar surface area (TPSA) is 164 Å². The number of nitrogens with zero attached hydrogens (tertiary/aromatic N) is 5. The molecule has 11 nitrogen and oxygen atoms in total. The number of amides is 1. The summed E-state index contributed by atoms with van der Waals surface area (Å²) >= 11 is 3.90. The van der Waals surface area contributed by atoms with Gasteiger partial charge in [-0.1, -0.05) is 29.6 Å². The van der Waals surface area contributed by atoms with Crippen LogP contribution in [0.15, 0.2) is 29.0 Å². The molecule has 0 unspecified atom stereocenters. The van der Waals surface area contributed by atoms with Crippen LogP contribution in [0.4, 0.5) is 16.6 Å². The van der Waals surface area contributed by atoms with Crippen LogP contribution in [0.3, 0.4) is 0 Å². The van der Waals surface area contributed by atoms with Gasteiger partial charge in [0.15, 0.2) is 10.3 Å². The highest BCUT2D eigenvalue weighted by Gasteiger charge is 2.22.